The van der Waals surface area contributed by atoms with Gasteiger partial charge in [0.25, 0.3) is 5.91 Å². The first-order chi connectivity index (χ1) is 21.8. The summed E-state index contributed by atoms with van der Waals surface area (Å²) in [5, 5.41) is 12.4. The minimum Gasteiger partial charge on any atom is -0.478 e. The van der Waals surface area contributed by atoms with Gasteiger partial charge in [-0.05, 0) is 47.5 Å². The zero-order valence-electron chi connectivity index (χ0n) is 24.5. The van der Waals surface area contributed by atoms with Crippen LogP contribution in [0.5, 0.6) is 0 Å². The number of rotatable bonds is 10. The Morgan fingerprint density at radius 3 is 2.40 bits per heavy atom. The molecule has 2 heterocycles. The van der Waals surface area contributed by atoms with Gasteiger partial charge in [-0.1, -0.05) is 60.1 Å². The normalized spacial score (nSPS) is 13.9. The number of aromatic amines is 1. The van der Waals surface area contributed by atoms with Crippen LogP contribution in [0, 0.1) is 0 Å². The molecule has 3 N–H and O–H groups in total. The van der Waals surface area contributed by atoms with Gasteiger partial charge in [0.05, 0.1) is 13.2 Å². The van der Waals surface area contributed by atoms with E-state index in [1.807, 2.05) is 48.5 Å². The van der Waals surface area contributed by atoms with Crippen LogP contribution in [-0.2, 0) is 25.5 Å². The number of aromatic nitrogens is 1. The van der Waals surface area contributed by atoms with E-state index in [4.69, 9.17) is 26.2 Å². The summed E-state index contributed by atoms with van der Waals surface area (Å²) >= 11 is 5.92. The number of amides is 1. The van der Waals surface area contributed by atoms with Crippen LogP contribution < -0.4 is 10.9 Å². The molecule has 0 spiro atoms. The Kier molecular flexibility index (Phi) is 12.4. The lowest BCUT2D eigenvalue weighted by Gasteiger charge is -2.26. The molecule has 0 aliphatic carbocycles. The molecular formula is C34H34ClN3O7. The average molecular weight is 632 g/mol. The van der Waals surface area contributed by atoms with Gasteiger partial charge >= 0.3 is 11.9 Å². The summed E-state index contributed by atoms with van der Waals surface area (Å²) in [6.07, 6.45) is 2.79. The number of esters is 1. The van der Waals surface area contributed by atoms with E-state index in [9.17, 15) is 19.2 Å². The second-order valence-corrected chi connectivity index (χ2v) is 10.6. The summed E-state index contributed by atoms with van der Waals surface area (Å²) in [6, 6.07) is 23.5. The maximum atomic E-state index is 13.0. The molecule has 45 heavy (non-hydrogen) atoms. The fourth-order valence-corrected chi connectivity index (χ4v) is 4.76. The Bertz CT molecular complexity index is 1670. The number of H-pyrrole nitrogens is 1. The van der Waals surface area contributed by atoms with E-state index in [0.717, 1.165) is 30.1 Å². The summed E-state index contributed by atoms with van der Waals surface area (Å²) in [6.45, 7) is 3.66. The second-order valence-electron chi connectivity index (χ2n) is 10.1. The van der Waals surface area contributed by atoms with Crippen LogP contribution in [0.3, 0.4) is 0 Å². The van der Waals surface area contributed by atoms with Gasteiger partial charge in [-0.3, -0.25) is 14.5 Å². The number of halogens is 1. The minimum atomic E-state index is -0.974. The third-order valence-corrected chi connectivity index (χ3v) is 7.18. The van der Waals surface area contributed by atoms with Crippen LogP contribution >= 0.6 is 11.6 Å². The third kappa shape index (κ3) is 10.7. The van der Waals surface area contributed by atoms with E-state index in [1.54, 1.807) is 36.4 Å². The molecule has 1 amide bonds. The molecule has 1 unspecified atom stereocenters. The molecule has 10 nitrogen and oxygen atoms in total. The first-order valence-corrected chi connectivity index (χ1v) is 14.8. The number of pyridine rings is 1. The number of carboxylic acid groups (broad SMARTS) is 1. The first-order valence-electron chi connectivity index (χ1n) is 14.4. The molecule has 1 atom stereocenters. The van der Waals surface area contributed by atoms with Gasteiger partial charge in [0.15, 0.2) is 0 Å². The summed E-state index contributed by atoms with van der Waals surface area (Å²) < 4.78 is 10.9. The third-order valence-electron chi connectivity index (χ3n) is 6.93. The van der Waals surface area contributed by atoms with E-state index >= 15 is 0 Å². The highest BCUT2D eigenvalue weighted by molar-refractivity contribution is 6.30. The number of carbonyl (C=O) groups excluding carboxylic acids is 2. The quantitative estimate of drug-likeness (QED) is 0.175. The van der Waals surface area contributed by atoms with Crippen molar-refractivity contribution in [3.8, 4) is 0 Å². The van der Waals surface area contributed by atoms with Gasteiger partial charge in [0.1, 0.15) is 12.6 Å². The van der Waals surface area contributed by atoms with Crippen LogP contribution in [0.2, 0.25) is 5.02 Å². The highest BCUT2D eigenvalue weighted by atomic mass is 35.5. The number of carbonyl (C=O) groups is 3. The number of fused-ring (bicyclic) bond motifs is 1. The van der Waals surface area contributed by atoms with Crippen LogP contribution in [0.25, 0.3) is 17.0 Å². The van der Waals surface area contributed by atoms with Gasteiger partial charge < -0.3 is 24.9 Å². The highest BCUT2D eigenvalue weighted by Crippen LogP contribution is 2.17. The van der Waals surface area contributed by atoms with E-state index in [-0.39, 0.29) is 18.6 Å². The molecule has 234 valence electrons. The average Bonchev–Trinajstić information content (AvgIpc) is 3.05. The molecule has 3 aromatic carbocycles. The highest BCUT2D eigenvalue weighted by Gasteiger charge is 2.25. The maximum Gasteiger partial charge on any atom is 0.329 e. The zero-order valence-corrected chi connectivity index (χ0v) is 25.2. The number of aliphatic carboxylic acids is 1. The van der Waals surface area contributed by atoms with E-state index in [0.29, 0.717) is 41.4 Å². The lowest BCUT2D eigenvalue weighted by atomic mass is 10.0. The van der Waals surface area contributed by atoms with E-state index < -0.39 is 23.9 Å². The number of carboxylic acids is 1. The Morgan fingerprint density at radius 1 is 1.00 bits per heavy atom. The Labute approximate surface area is 265 Å². The predicted octanol–water partition coefficient (Wildman–Crippen LogP) is 4.18. The molecule has 0 radical (unpaired) electrons. The number of nitrogens with one attached hydrogen (secondary N) is 2. The molecule has 1 aromatic heterocycles. The topological polar surface area (TPSA) is 138 Å². The van der Waals surface area contributed by atoms with E-state index in [1.165, 1.54) is 6.07 Å². The Hall–Kier alpha value is -4.77. The summed E-state index contributed by atoms with van der Waals surface area (Å²) in [5.74, 6) is -1.91. The number of hydrogen-bond donors (Lipinski definition) is 3. The standard InChI is InChI=1S/C25H26ClN3O5.C9H8O2/c26-19-7-5-17(6-8-19)24(31)28-22(25(32)34-14-11-29-9-12-33-13-10-29)15-18-16-23(30)27-21-4-2-1-3-20(18)21;10-9(11)7-6-8-4-2-1-3-5-8/h1-8,16,22H,9-15H2,(H,27,30)(H,28,31);1-7H,(H,10,11). The van der Waals surface area contributed by atoms with Crippen molar-refractivity contribution in [1.29, 1.82) is 0 Å². The fraction of sp³-hybridized carbons (Fsp3) is 0.235. The van der Waals surface area contributed by atoms with Gasteiger partial charge in [-0.2, -0.15) is 0 Å². The molecule has 1 fully saturated rings. The van der Waals surface area contributed by atoms with Crippen LogP contribution in [-0.4, -0.2) is 78.3 Å². The molecule has 4 aromatic rings. The zero-order chi connectivity index (χ0) is 32.0. The second kappa shape index (κ2) is 16.9. The Morgan fingerprint density at radius 2 is 1.69 bits per heavy atom. The molecule has 1 aliphatic rings. The smallest absolute Gasteiger partial charge is 0.329 e. The minimum absolute atomic E-state index is 0.111. The molecule has 1 saturated heterocycles. The van der Waals surface area contributed by atoms with Gasteiger partial charge in [-0.15, -0.1) is 0 Å². The summed E-state index contributed by atoms with van der Waals surface area (Å²) in [4.78, 5) is 53.1. The van der Waals surface area contributed by atoms with Crippen molar-refractivity contribution >= 4 is 46.4 Å². The largest absolute Gasteiger partial charge is 0.478 e. The summed E-state index contributed by atoms with van der Waals surface area (Å²) in [7, 11) is 0. The SMILES string of the molecule is O=C(NC(Cc1cc(=O)[nH]c2ccccc12)C(=O)OCCN1CCOCC1)c1ccc(Cl)cc1.O=C(O)C=Cc1ccccc1. The molecule has 5 rings (SSSR count). The van der Waals surface area contributed by atoms with Crippen molar-refractivity contribution in [3.63, 3.8) is 0 Å². The van der Waals surface area contributed by atoms with Gasteiger partial charge in [-0.25, -0.2) is 9.59 Å². The predicted molar refractivity (Wildman–Crippen MR) is 172 cm³/mol. The number of para-hydroxylation sites is 1. The maximum absolute atomic E-state index is 13.0. The number of nitrogens with zero attached hydrogens (tertiary/aromatic N) is 1. The number of benzene rings is 3. The van der Waals surface area contributed by atoms with Crippen molar-refractivity contribution in [1.82, 2.24) is 15.2 Å². The monoisotopic (exact) mass is 631 g/mol. The first kappa shape index (κ1) is 33.1. The van der Waals surface area contributed by atoms with Crippen molar-refractivity contribution in [2.45, 2.75) is 12.5 Å². The van der Waals surface area contributed by atoms with E-state index in [2.05, 4.69) is 15.2 Å². The molecule has 0 saturated carbocycles. The van der Waals surface area contributed by atoms with Gasteiger partial charge in [0.2, 0.25) is 5.56 Å². The molecule has 11 heteroatoms. The van der Waals surface area contributed by atoms with Crippen LogP contribution in [0.4, 0.5) is 0 Å². The number of morpholine rings is 1. The van der Waals surface area contributed by atoms with Crippen molar-refractivity contribution in [2.24, 2.45) is 0 Å². The van der Waals surface area contributed by atoms with Crippen molar-refractivity contribution < 1.29 is 29.0 Å². The van der Waals surface area contributed by atoms with Crippen molar-refractivity contribution in [2.75, 3.05) is 39.5 Å². The van der Waals surface area contributed by atoms with Crippen molar-refractivity contribution in [3.05, 3.63) is 123 Å². The number of ether oxygens (including phenoxy) is 2. The molecule has 1 aliphatic heterocycles. The lowest BCUT2D eigenvalue weighted by molar-refractivity contribution is -0.146. The van der Waals surface area contributed by atoms with Crippen LogP contribution in [0.15, 0.2) is 95.8 Å². The van der Waals surface area contributed by atoms with Gasteiger partial charge in [0, 0.05) is 59.7 Å². The lowest BCUT2D eigenvalue weighted by Crippen LogP contribution is -2.44. The summed E-state index contributed by atoms with van der Waals surface area (Å²) in [5.41, 5.74) is 2.29. The number of hydrogen-bond acceptors (Lipinski definition) is 7. The molecular weight excluding hydrogens is 598 g/mol. The van der Waals surface area contributed by atoms with Crippen LogP contribution in [0.1, 0.15) is 21.5 Å². The Balaban J connectivity index is 0.000000354. The molecule has 0 bridgehead atoms. The fourth-order valence-electron chi connectivity index (χ4n) is 4.63.